The number of nitrogens with one attached hydrogen (secondary N) is 1. The number of nitrogens with zero attached hydrogens (tertiary/aromatic N) is 2. The molecule has 5 heteroatoms. The van der Waals surface area contributed by atoms with Crippen LogP contribution in [-0.4, -0.2) is 21.7 Å². The van der Waals surface area contributed by atoms with Gasteiger partial charge in [-0.1, -0.05) is 19.8 Å². The van der Waals surface area contributed by atoms with Crippen molar-refractivity contribution in [1.82, 2.24) is 15.1 Å². The zero-order chi connectivity index (χ0) is 14.7. The fourth-order valence-electron chi connectivity index (χ4n) is 2.91. The largest absolute Gasteiger partial charge is 0.454 e. The van der Waals surface area contributed by atoms with Crippen molar-refractivity contribution in [3.63, 3.8) is 0 Å². The van der Waals surface area contributed by atoms with E-state index in [1.165, 1.54) is 19.3 Å². The monoisotopic (exact) mass is 287 g/mol. The Hall–Kier alpha value is -2.04. The Morgan fingerprint density at radius 3 is 3.05 bits per heavy atom. The molecule has 21 heavy (non-hydrogen) atoms. The van der Waals surface area contributed by atoms with Crippen molar-refractivity contribution < 1.29 is 9.21 Å². The van der Waals surface area contributed by atoms with Crippen LogP contribution >= 0.6 is 0 Å². The van der Waals surface area contributed by atoms with E-state index in [-0.39, 0.29) is 11.9 Å². The summed E-state index contributed by atoms with van der Waals surface area (Å²) in [7, 11) is 0. The molecule has 0 spiro atoms. The Kier molecular flexibility index (Phi) is 4.08. The molecule has 1 aliphatic carbocycles. The number of hydrogen-bond donors (Lipinski definition) is 1. The van der Waals surface area contributed by atoms with Gasteiger partial charge in [-0.2, -0.15) is 5.10 Å². The van der Waals surface area contributed by atoms with Crippen LogP contribution in [0.2, 0.25) is 0 Å². The number of carbonyl (C=O) groups excluding carboxylic acids is 1. The smallest absolute Gasteiger partial charge is 0.287 e. The molecule has 1 amide bonds. The van der Waals surface area contributed by atoms with Crippen LogP contribution in [0.1, 0.15) is 48.9 Å². The van der Waals surface area contributed by atoms with Gasteiger partial charge in [-0.25, -0.2) is 0 Å². The number of amides is 1. The molecule has 2 aromatic heterocycles. The van der Waals surface area contributed by atoms with Crippen molar-refractivity contribution in [1.29, 1.82) is 0 Å². The highest BCUT2D eigenvalue weighted by Gasteiger charge is 2.24. The zero-order valence-electron chi connectivity index (χ0n) is 12.3. The molecular weight excluding hydrogens is 266 g/mol. The maximum absolute atomic E-state index is 12.2. The van der Waals surface area contributed by atoms with Crippen molar-refractivity contribution in [3.05, 3.63) is 42.1 Å². The molecule has 3 rings (SSSR count). The summed E-state index contributed by atoms with van der Waals surface area (Å²) in [6.07, 6.45) is 8.30. The lowest BCUT2D eigenvalue weighted by molar-refractivity contribution is 0.0880. The van der Waals surface area contributed by atoms with Gasteiger partial charge in [0.05, 0.1) is 6.54 Å². The third kappa shape index (κ3) is 3.35. The normalized spacial score (nSPS) is 22.1. The fourth-order valence-corrected chi connectivity index (χ4v) is 2.91. The molecule has 0 saturated heterocycles. The summed E-state index contributed by atoms with van der Waals surface area (Å²) in [5.74, 6) is 1.55. The van der Waals surface area contributed by atoms with Gasteiger partial charge in [0.1, 0.15) is 5.76 Å². The molecule has 0 aromatic carbocycles. The molecule has 0 radical (unpaired) electrons. The average Bonchev–Trinajstić information content (AvgIpc) is 3.13. The number of furan rings is 1. The molecule has 112 valence electrons. The van der Waals surface area contributed by atoms with Gasteiger partial charge < -0.3 is 9.73 Å². The minimum absolute atomic E-state index is 0.111. The molecule has 1 aliphatic rings. The number of carbonyl (C=O) groups is 1. The van der Waals surface area contributed by atoms with Crippen molar-refractivity contribution in [2.45, 2.75) is 45.2 Å². The topological polar surface area (TPSA) is 60.1 Å². The van der Waals surface area contributed by atoms with E-state index >= 15 is 0 Å². The molecule has 5 nitrogen and oxygen atoms in total. The first kappa shape index (κ1) is 13.9. The minimum Gasteiger partial charge on any atom is -0.454 e. The van der Waals surface area contributed by atoms with Gasteiger partial charge >= 0.3 is 0 Å². The van der Waals surface area contributed by atoms with E-state index in [0.717, 1.165) is 12.2 Å². The number of aromatic nitrogens is 2. The van der Waals surface area contributed by atoms with Crippen LogP contribution in [-0.2, 0) is 6.54 Å². The summed E-state index contributed by atoms with van der Waals surface area (Å²) < 4.78 is 7.39. The molecule has 1 N–H and O–H groups in total. The molecular formula is C16H21N3O2. The van der Waals surface area contributed by atoms with Gasteiger partial charge in [0.25, 0.3) is 5.91 Å². The van der Waals surface area contributed by atoms with Gasteiger partial charge in [-0.3, -0.25) is 9.48 Å². The highest BCUT2D eigenvalue weighted by molar-refractivity contribution is 5.91. The standard InChI is InChI=1S/C16H21N3O2/c1-12-5-2-3-6-14(12)18-16(20)15-8-7-13(21-15)11-19-10-4-9-17-19/h4,7-10,12,14H,2-3,5-6,11H2,1H3,(H,18,20)/t12-,14-/m1/s1. The van der Waals surface area contributed by atoms with Gasteiger partial charge in [-0.05, 0) is 37.0 Å². The Labute approximate surface area is 124 Å². The van der Waals surface area contributed by atoms with Crippen molar-refractivity contribution in [2.75, 3.05) is 0 Å². The lowest BCUT2D eigenvalue weighted by atomic mass is 9.86. The second kappa shape index (κ2) is 6.16. The second-order valence-corrected chi connectivity index (χ2v) is 5.81. The third-order valence-corrected chi connectivity index (χ3v) is 4.19. The Bertz CT molecular complexity index is 588. The Balaban J connectivity index is 1.61. The van der Waals surface area contributed by atoms with Gasteiger partial charge in [0.15, 0.2) is 5.76 Å². The van der Waals surface area contributed by atoms with Crippen molar-refractivity contribution >= 4 is 5.91 Å². The fraction of sp³-hybridized carbons (Fsp3) is 0.500. The molecule has 1 saturated carbocycles. The van der Waals surface area contributed by atoms with Gasteiger partial charge in [0, 0.05) is 18.4 Å². The molecule has 0 aliphatic heterocycles. The Morgan fingerprint density at radius 2 is 2.29 bits per heavy atom. The molecule has 0 unspecified atom stereocenters. The van der Waals surface area contributed by atoms with E-state index in [9.17, 15) is 4.79 Å². The SMILES string of the molecule is C[C@@H]1CCCC[C@H]1NC(=O)c1ccc(Cn2cccn2)o1. The summed E-state index contributed by atoms with van der Waals surface area (Å²) in [5.41, 5.74) is 0. The third-order valence-electron chi connectivity index (χ3n) is 4.19. The zero-order valence-corrected chi connectivity index (χ0v) is 12.3. The summed E-state index contributed by atoms with van der Waals surface area (Å²) in [5, 5.41) is 7.23. The van der Waals surface area contributed by atoms with E-state index in [1.807, 2.05) is 18.3 Å². The molecule has 2 atom stereocenters. The predicted molar refractivity (Wildman–Crippen MR) is 78.9 cm³/mol. The summed E-state index contributed by atoms with van der Waals surface area (Å²) >= 11 is 0. The van der Waals surface area contributed by atoms with Crippen LogP contribution in [0.4, 0.5) is 0 Å². The minimum atomic E-state index is -0.111. The first-order valence-corrected chi connectivity index (χ1v) is 7.59. The van der Waals surface area contributed by atoms with Gasteiger partial charge in [-0.15, -0.1) is 0 Å². The van der Waals surface area contributed by atoms with Crippen LogP contribution < -0.4 is 5.32 Å². The highest BCUT2D eigenvalue weighted by atomic mass is 16.4. The summed E-state index contributed by atoms with van der Waals surface area (Å²) in [6, 6.07) is 5.70. The van der Waals surface area contributed by atoms with E-state index in [1.54, 1.807) is 16.9 Å². The quantitative estimate of drug-likeness (QED) is 0.940. The van der Waals surface area contributed by atoms with Crippen LogP contribution in [0.5, 0.6) is 0 Å². The summed E-state index contributed by atoms with van der Waals surface area (Å²) in [4.78, 5) is 12.2. The highest BCUT2D eigenvalue weighted by Crippen LogP contribution is 2.24. The number of hydrogen-bond acceptors (Lipinski definition) is 3. The van der Waals surface area contributed by atoms with Crippen LogP contribution in [0.3, 0.4) is 0 Å². The van der Waals surface area contributed by atoms with Crippen molar-refractivity contribution in [2.24, 2.45) is 5.92 Å². The predicted octanol–water partition coefficient (Wildman–Crippen LogP) is 2.83. The van der Waals surface area contributed by atoms with Crippen molar-refractivity contribution in [3.8, 4) is 0 Å². The maximum atomic E-state index is 12.2. The van der Waals surface area contributed by atoms with E-state index in [0.29, 0.717) is 18.2 Å². The van der Waals surface area contributed by atoms with Crippen LogP contribution in [0.15, 0.2) is 35.0 Å². The maximum Gasteiger partial charge on any atom is 0.287 e. The second-order valence-electron chi connectivity index (χ2n) is 5.81. The van der Waals surface area contributed by atoms with Crippen LogP contribution in [0.25, 0.3) is 0 Å². The molecule has 2 aromatic rings. The number of rotatable bonds is 4. The van der Waals surface area contributed by atoms with Crippen LogP contribution in [0, 0.1) is 5.92 Å². The average molecular weight is 287 g/mol. The molecule has 2 heterocycles. The first-order valence-electron chi connectivity index (χ1n) is 7.59. The first-order chi connectivity index (χ1) is 10.2. The lowest BCUT2D eigenvalue weighted by Gasteiger charge is -2.29. The lowest BCUT2D eigenvalue weighted by Crippen LogP contribution is -2.40. The molecule has 0 bridgehead atoms. The van der Waals surface area contributed by atoms with E-state index in [2.05, 4.69) is 17.3 Å². The summed E-state index contributed by atoms with van der Waals surface area (Å²) in [6.45, 7) is 2.75. The van der Waals surface area contributed by atoms with Gasteiger partial charge in [0.2, 0.25) is 0 Å². The Morgan fingerprint density at radius 1 is 1.43 bits per heavy atom. The van der Waals surface area contributed by atoms with E-state index < -0.39 is 0 Å². The van der Waals surface area contributed by atoms with E-state index in [4.69, 9.17) is 4.42 Å². The molecule has 1 fully saturated rings.